The van der Waals surface area contributed by atoms with Gasteiger partial charge in [-0.25, -0.2) is 13.4 Å². The first-order chi connectivity index (χ1) is 19.5. The van der Waals surface area contributed by atoms with E-state index in [1.54, 1.807) is 18.3 Å². The summed E-state index contributed by atoms with van der Waals surface area (Å²) in [5, 5.41) is 20.0. The van der Waals surface area contributed by atoms with Crippen molar-refractivity contribution in [3.63, 3.8) is 0 Å². The maximum Gasteiger partial charge on any atom is 0.254 e. The number of nitrogens with zero attached hydrogens (tertiary/aromatic N) is 4. The normalized spacial score (nSPS) is 19.0. The number of rotatable bonds is 12. The molecule has 0 bridgehead atoms. The molecule has 1 N–H and O–H groups in total. The molecule has 4 rings (SSSR count). The lowest BCUT2D eigenvalue weighted by Gasteiger charge is -2.24. The predicted octanol–water partition coefficient (Wildman–Crippen LogP) is 5.59. The zero-order chi connectivity index (χ0) is 29.7. The van der Waals surface area contributed by atoms with E-state index in [1.165, 1.54) is 0 Å². The molecule has 220 valence electrons. The highest BCUT2D eigenvalue weighted by Gasteiger charge is 2.27. The van der Waals surface area contributed by atoms with Gasteiger partial charge < -0.3 is 14.7 Å². The average Bonchev–Trinajstić information content (AvgIpc) is 3.55. The predicted molar refractivity (Wildman–Crippen MR) is 165 cm³/mol. The summed E-state index contributed by atoms with van der Waals surface area (Å²) in [7, 11) is -1.73. The number of aliphatic hydroxyl groups excluding tert-OH is 1. The minimum absolute atomic E-state index is 0.0123. The molecule has 1 heterocycles. The van der Waals surface area contributed by atoms with Crippen molar-refractivity contribution in [2.24, 2.45) is 10.3 Å². The molecule has 0 spiro atoms. The Morgan fingerprint density at radius 3 is 2.71 bits per heavy atom. The summed E-state index contributed by atoms with van der Waals surface area (Å²) in [4.78, 5) is 7.71. The monoisotopic (exact) mass is 596 g/mol. The summed E-state index contributed by atoms with van der Waals surface area (Å²) >= 11 is 1.59. The van der Waals surface area contributed by atoms with Crippen molar-refractivity contribution >= 4 is 32.6 Å². The Kier molecular flexibility index (Phi) is 10.2. The Morgan fingerprint density at radius 2 is 2.00 bits per heavy atom. The number of allylic oxidation sites excluding steroid dienone is 4. The SMILES string of the molecule is CC(C)OC1=C(C#N)C=C(c2ncc(-c3cccc4c3CCC4=NS(=O)(=O)CCN(C)CCC[C@@H](C)O)s2)C(C)C1. The van der Waals surface area contributed by atoms with E-state index >= 15 is 0 Å². The second-order valence-corrected chi connectivity index (χ2v) is 14.1. The number of aliphatic hydroxyl groups is 1. The zero-order valence-corrected chi connectivity index (χ0v) is 26.2. The number of ether oxygens (including phenoxy) is 1. The van der Waals surface area contributed by atoms with Gasteiger partial charge in [0.05, 0.1) is 34.1 Å². The molecular formula is C31H40N4O4S2. The third-order valence-electron chi connectivity index (χ3n) is 7.38. The summed E-state index contributed by atoms with van der Waals surface area (Å²) < 4.78 is 35.9. The average molecular weight is 597 g/mol. The molecule has 0 saturated heterocycles. The molecule has 0 amide bonds. The Labute approximate surface area is 248 Å². The lowest BCUT2D eigenvalue weighted by molar-refractivity contribution is 0.134. The van der Waals surface area contributed by atoms with Gasteiger partial charge in [-0.3, -0.25) is 0 Å². The second kappa shape index (κ2) is 13.4. The number of hydrogen-bond donors (Lipinski definition) is 1. The first-order valence-electron chi connectivity index (χ1n) is 14.3. The van der Waals surface area contributed by atoms with E-state index in [2.05, 4.69) is 23.5 Å². The molecule has 0 saturated carbocycles. The Bertz CT molecular complexity index is 1500. The van der Waals surface area contributed by atoms with E-state index in [9.17, 15) is 18.8 Å². The fraction of sp³-hybridized carbons (Fsp3) is 0.516. The van der Waals surface area contributed by atoms with Gasteiger partial charge in [0, 0.05) is 24.7 Å². The van der Waals surface area contributed by atoms with Gasteiger partial charge in [-0.05, 0) is 88.7 Å². The summed E-state index contributed by atoms with van der Waals surface area (Å²) in [5.41, 5.74) is 5.25. The number of benzene rings is 1. The summed E-state index contributed by atoms with van der Waals surface area (Å²) in [5.74, 6) is 0.870. The van der Waals surface area contributed by atoms with Crippen molar-refractivity contribution in [3.05, 3.63) is 57.9 Å². The highest BCUT2D eigenvalue weighted by molar-refractivity contribution is 7.90. The van der Waals surface area contributed by atoms with E-state index in [1.807, 2.05) is 50.2 Å². The molecule has 2 aromatic rings. The zero-order valence-electron chi connectivity index (χ0n) is 24.6. The highest BCUT2D eigenvalue weighted by atomic mass is 32.2. The Hall–Kier alpha value is -2.84. The molecular weight excluding hydrogens is 556 g/mol. The number of sulfonamides is 1. The van der Waals surface area contributed by atoms with Gasteiger partial charge in [-0.2, -0.15) is 9.66 Å². The van der Waals surface area contributed by atoms with Crippen LogP contribution in [0.4, 0.5) is 0 Å². The standard InChI is InChI=1S/C31H40N4O4S2/c1-20(2)39-29-16-21(3)27(17-23(29)18-32)31-33-19-30(40-31)26-10-6-9-25-24(26)11-12-28(25)34-41(37,38)15-14-35(5)13-7-8-22(4)36/h6,9-10,17,19-22,36H,7-8,11-16H2,1-5H3/t21?,22-/m1/s1. The van der Waals surface area contributed by atoms with E-state index in [-0.39, 0.29) is 23.9 Å². The fourth-order valence-corrected chi connectivity index (χ4v) is 7.51. The minimum Gasteiger partial charge on any atom is -0.494 e. The Morgan fingerprint density at radius 1 is 1.24 bits per heavy atom. The lowest BCUT2D eigenvalue weighted by Crippen LogP contribution is -2.26. The fourth-order valence-electron chi connectivity index (χ4n) is 5.26. The Balaban J connectivity index is 1.52. The highest BCUT2D eigenvalue weighted by Crippen LogP contribution is 2.41. The van der Waals surface area contributed by atoms with Crippen molar-refractivity contribution in [3.8, 4) is 16.5 Å². The molecule has 1 aromatic carbocycles. The smallest absolute Gasteiger partial charge is 0.254 e. The first kappa shape index (κ1) is 31.1. The van der Waals surface area contributed by atoms with Crippen molar-refractivity contribution in [2.45, 2.75) is 72.0 Å². The van der Waals surface area contributed by atoms with Crippen LogP contribution in [0.15, 0.2) is 46.2 Å². The van der Waals surface area contributed by atoms with Gasteiger partial charge in [-0.15, -0.1) is 11.3 Å². The summed E-state index contributed by atoms with van der Waals surface area (Å²) in [6.45, 7) is 8.94. The van der Waals surface area contributed by atoms with Crippen LogP contribution in [-0.4, -0.2) is 67.2 Å². The molecule has 2 atom stereocenters. The van der Waals surface area contributed by atoms with Gasteiger partial charge >= 0.3 is 0 Å². The molecule has 41 heavy (non-hydrogen) atoms. The van der Waals surface area contributed by atoms with Crippen molar-refractivity contribution in [2.75, 3.05) is 25.9 Å². The third kappa shape index (κ3) is 7.92. The van der Waals surface area contributed by atoms with Gasteiger partial charge in [-0.1, -0.05) is 25.1 Å². The molecule has 0 fully saturated rings. The summed E-state index contributed by atoms with van der Waals surface area (Å²) in [6, 6.07) is 8.25. The van der Waals surface area contributed by atoms with Crippen molar-refractivity contribution in [1.82, 2.24) is 9.88 Å². The molecule has 1 unspecified atom stereocenters. The van der Waals surface area contributed by atoms with Crippen molar-refractivity contribution in [1.29, 1.82) is 5.26 Å². The van der Waals surface area contributed by atoms with Crippen LogP contribution < -0.4 is 0 Å². The first-order valence-corrected chi connectivity index (χ1v) is 16.7. The lowest BCUT2D eigenvalue weighted by atomic mass is 9.89. The topological polar surface area (TPSA) is 116 Å². The molecule has 0 aliphatic heterocycles. The van der Waals surface area contributed by atoms with E-state index in [0.29, 0.717) is 37.1 Å². The van der Waals surface area contributed by atoms with Crippen LogP contribution in [0, 0.1) is 17.2 Å². The second-order valence-electron chi connectivity index (χ2n) is 11.3. The molecule has 2 aliphatic carbocycles. The number of fused-ring (bicyclic) bond motifs is 1. The van der Waals surface area contributed by atoms with E-state index < -0.39 is 10.0 Å². The number of thiazole rings is 1. The molecule has 10 heteroatoms. The maximum absolute atomic E-state index is 12.9. The largest absolute Gasteiger partial charge is 0.494 e. The van der Waals surface area contributed by atoms with E-state index in [0.717, 1.165) is 57.3 Å². The molecule has 1 aromatic heterocycles. The van der Waals surface area contributed by atoms with E-state index in [4.69, 9.17) is 9.72 Å². The molecule has 8 nitrogen and oxygen atoms in total. The van der Waals surface area contributed by atoms with Gasteiger partial charge in [0.1, 0.15) is 16.8 Å². The van der Waals surface area contributed by atoms with Crippen LogP contribution in [0.2, 0.25) is 0 Å². The van der Waals surface area contributed by atoms with Crippen LogP contribution in [0.1, 0.15) is 69.5 Å². The summed E-state index contributed by atoms with van der Waals surface area (Å²) in [6.07, 6.45) is 6.93. The maximum atomic E-state index is 12.9. The van der Waals surface area contributed by atoms with Crippen LogP contribution in [0.25, 0.3) is 16.0 Å². The molecule has 0 radical (unpaired) electrons. The third-order valence-corrected chi connectivity index (χ3v) is 9.66. The molecule has 2 aliphatic rings. The quantitative estimate of drug-likeness (QED) is 0.339. The van der Waals surface area contributed by atoms with Crippen LogP contribution >= 0.6 is 11.3 Å². The number of aromatic nitrogens is 1. The van der Waals surface area contributed by atoms with Gasteiger partial charge in [0.25, 0.3) is 10.0 Å². The van der Waals surface area contributed by atoms with Crippen LogP contribution in [0.3, 0.4) is 0 Å². The van der Waals surface area contributed by atoms with Crippen LogP contribution in [0.5, 0.6) is 0 Å². The number of nitriles is 1. The van der Waals surface area contributed by atoms with Crippen molar-refractivity contribution < 1.29 is 18.3 Å². The minimum atomic E-state index is -3.62. The van der Waals surface area contributed by atoms with Crippen LogP contribution in [-0.2, 0) is 21.2 Å². The number of hydrogen-bond acceptors (Lipinski definition) is 8. The van der Waals surface area contributed by atoms with Gasteiger partial charge in [0.15, 0.2) is 0 Å². The van der Waals surface area contributed by atoms with Gasteiger partial charge in [0.2, 0.25) is 0 Å².